The Bertz CT molecular complexity index is 110. The first-order valence-corrected chi connectivity index (χ1v) is 4.75. The molecule has 0 aromatic heterocycles. The van der Waals surface area contributed by atoms with E-state index in [1.807, 2.05) is 0 Å². The van der Waals surface area contributed by atoms with Gasteiger partial charge in [-0.3, -0.25) is 0 Å². The van der Waals surface area contributed by atoms with Crippen LogP contribution in [0.1, 0.15) is 39.0 Å². The van der Waals surface area contributed by atoms with Gasteiger partial charge in [-0.2, -0.15) is 0 Å². The molecule has 0 spiro atoms. The fourth-order valence-electron chi connectivity index (χ4n) is 1.37. The fourth-order valence-corrected chi connectivity index (χ4v) is 1.37. The van der Waals surface area contributed by atoms with Crippen LogP contribution < -0.4 is 11.5 Å². The van der Waals surface area contributed by atoms with Crippen molar-refractivity contribution in [1.82, 2.24) is 0 Å². The molecule has 4 N–H and O–H groups in total. The first kappa shape index (κ1) is 9.01. The van der Waals surface area contributed by atoms with Crippen LogP contribution in [0.15, 0.2) is 0 Å². The molecule has 0 saturated heterocycles. The summed E-state index contributed by atoms with van der Waals surface area (Å²) in [5.74, 6) is 0.832. The highest BCUT2D eigenvalue weighted by atomic mass is 14.7. The van der Waals surface area contributed by atoms with Crippen LogP contribution in [0.5, 0.6) is 0 Å². The van der Waals surface area contributed by atoms with Crippen molar-refractivity contribution in [3.8, 4) is 0 Å². The van der Waals surface area contributed by atoms with Crippen molar-refractivity contribution in [3.63, 3.8) is 0 Å². The fraction of sp³-hybridized carbons (Fsp3) is 1.00. The van der Waals surface area contributed by atoms with Gasteiger partial charge in [0.2, 0.25) is 0 Å². The lowest BCUT2D eigenvalue weighted by Crippen LogP contribution is -2.27. The monoisotopic (exact) mass is 156 g/mol. The molecule has 11 heavy (non-hydrogen) atoms. The van der Waals surface area contributed by atoms with E-state index in [-0.39, 0.29) is 0 Å². The van der Waals surface area contributed by atoms with E-state index in [0.29, 0.717) is 12.1 Å². The van der Waals surface area contributed by atoms with Crippen molar-refractivity contribution in [1.29, 1.82) is 0 Å². The van der Waals surface area contributed by atoms with Crippen LogP contribution in [-0.2, 0) is 0 Å². The second-order valence-corrected chi connectivity index (χ2v) is 3.75. The van der Waals surface area contributed by atoms with E-state index in [2.05, 4.69) is 6.92 Å². The SMILES string of the molecule is CC[C@@H](N)CCC(N)C1CC1. The van der Waals surface area contributed by atoms with Gasteiger partial charge in [-0.1, -0.05) is 6.92 Å². The summed E-state index contributed by atoms with van der Waals surface area (Å²) < 4.78 is 0. The second-order valence-electron chi connectivity index (χ2n) is 3.75. The van der Waals surface area contributed by atoms with Crippen molar-refractivity contribution in [3.05, 3.63) is 0 Å². The highest BCUT2D eigenvalue weighted by Crippen LogP contribution is 2.33. The molecule has 1 aliphatic carbocycles. The van der Waals surface area contributed by atoms with Crippen LogP contribution in [0.2, 0.25) is 0 Å². The highest BCUT2D eigenvalue weighted by Gasteiger charge is 2.27. The molecule has 2 heteroatoms. The van der Waals surface area contributed by atoms with Gasteiger partial charge >= 0.3 is 0 Å². The largest absolute Gasteiger partial charge is 0.328 e. The van der Waals surface area contributed by atoms with Crippen molar-refractivity contribution in [2.45, 2.75) is 51.1 Å². The molecule has 1 fully saturated rings. The van der Waals surface area contributed by atoms with E-state index in [9.17, 15) is 0 Å². The zero-order valence-corrected chi connectivity index (χ0v) is 7.42. The van der Waals surface area contributed by atoms with Gasteiger partial charge in [0, 0.05) is 12.1 Å². The van der Waals surface area contributed by atoms with Crippen LogP contribution in [0.3, 0.4) is 0 Å². The molecule has 0 radical (unpaired) electrons. The Morgan fingerprint density at radius 2 is 1.91 bits per heavy atom. The number of nitrogens with two attached hydrogens (primary N) is 2. The van der Waals surface area contributed by atoms with Gasteiger partial charge < -0.3 is 11.5 Å². The maximum Gasteiger partial charge on any atom is 0.00677 e. The van der Waals surface area contributed by atoms with E-state index in [0.717, 1.165) is 25.2 Å². The highest BCUT2D eigenvalue weighted by molar-refractivity contribution is 4.84. The summed E-state index contributed by atoms with van der Waals surface area (Å²) in [5, 5.41) is 0. The van der Waals surface area contributed by atoms with E-state index in [1.165, 1.54) is 12.8 Å². The molecular weight excluding hydrogens is 136 g/mol. The molecule has 1 unspecified atom stereocenters. The van der Waals surface area contributed by atoms with Gasteiger partial charge in [0.25, 0.3) is 0 Å². The van der Waals surface area contributed by atoms with E-state index in [4.69, 9.17) is 11.5 Å². The van der Waals surface area contributed by atoms with Crippen LogP contribution in [0.4, 0.5) is 0 Å². The zero-order valence-electron chi connectivity index (χ0n) is 7.42. The van der Waals surface area contributed by atoms with Gasteiger partial charge in [-0.25, -0.2) is 0 Å². The third-order valence-corrected chi connectivity index (χ3v) is 2.62. The predicted molar refractivity (Wildman–Crippen MR) is 48.2 cm³/mol. The summed E-state index contributed by atoms with van der Waals surface area (Å²) in [5.41, 5.74) is 11.7. The van der Waals surface area contributed by atoms with E-state index in [1.54, 1.807) is 0 Å². The molecule has 0 aromatic rings. The van der Waals surface area contributed by atoms with Gasteiger partial charge in [0.1, 0.15) is 0 Å². The molecule has 0 aliphatic heterocycles. The molecule has 0 amide bonds. The standard InChI is InChI=1S/C9H20N2/c1-2-8(10)5-6-9(11)7-3-4-7/h7-9H,2-6,10-11H2,1H3/t8-,9?/m1/s1. The van der Waals surface area contributed by atoms with Crippen LogP contribution >= 0.6 is 0 Å². The summed E-state index contributed by atoms with van der Waals surface area (Å²) in [4.78, 5) is 0. The molecule has 1 aliphatic rings. The van der Waals surface area contributed by atoms with Crippen LogP contribution in [0.25, 0.3) is 0 Å². The Morgan fingerprint density at radius 3 is 2.36 bits per heavy atom. The molecule has 1 saturated carbocycles. The topological polar surface area (TPSA) is 52.0 Å². The van der Waals surface area contributed by atoms with Crippen LogP contribution in [-0.4, -0.2) is 12.1 Å². The molecule has 0 bridgehead atoms. The Kier molecular flexibility index (Phi) is 3.34. The molecule has 0 heterocycles. The summed E-state index contributed by atoms with van der Waals surface area (Å²) in [6.07, 6.45) is 6.01. The van der Waals surface area contributed by atoms with Gasteiger partial charge in [0.05, 0.1) is 0 Å². The Morgan fingerprint density at radius 1 is 1.27 bits per heavy atom. The first-order chi connectivity index (χ1) is 5.24. The predicted octanol–water partition coefficient (Wildman–Crippen LogP) is 1.24. The maximum absolute atomic E-state index is 5.93. The number of hydrogen-bond acceptors (Lipinski definition) is 2. The lowest BCUT2D eigenvalue weighted by molar-refractivity contribution is 0.478. The third-order valence-electron chi connectivity index (χ3n) is 2.62. The first-order valence-electron chi connectivity index (χ1n) is 4.75. The van der Waals surface area contributed by atoms with Gasteiger partial charge in [-0.05, 0) is 38.0 Å². The summed E-state index contributed by atoms with van der Waals surface area (Å²) >= 11 is 0. The Labute approximate surface area is 69.3 Å². The molecular formula is C9H20N2. The van der Waals surface area contributed by atoms with Gasteiger partial charge in [0.15, 0.2) is 0 Å². The van der Waals surface area contributed by atoms with E-state index < -0.39 is 0 Å². The van der Waals surface area contributed by atoms with E-state index >= 15 is 0 Å². The summed E-state index contributed by atoms with van der Waals surface area (Å²) in [7, 11) is 0. The smallest absolute Gasteiger partial charge is 0.00677 e. The molecule has 0 aromatic carbocycles. The van der Waals surface area contributed by atoms with Crippen molar-refractivity contribution < 1.29 is 0 Å². The number of rotatable bonds is 5. The van der Waals surface area contributed by atoms with Crippen LogP contribution in [0, 0.1) is 5.92 Å². The molecule has 1 rings (SSSR count). The zero-order chi connectivity index (χ0) is 8.27. The van der Waals surface area contributed by atoms with Crippen molar-refractivity contribution in [2.75, 3.05) is 0 Å². The minimum absolute atomic E-state index is 0.375. The summed E-state index contributed by atoms with van der Waals surface area (Å²) in [6.45, 7) is 2.13. The quantitative estimate of drug-likeness (QED) is 0.629. The number of hydrogen-bond donors (Lipinski definition) is 2. The minimum Gasteiger partial charge on any atom is -0.328 e. The second kappa shape index (κ2) is 4.07. The molecule has 66 valence electrons. The normalized spacial score (nSPS) is 23.2. The maximum atomic E-state index is 5.93. The minimum atomic E-state index is 0.375. The summed E-state index contributed by atoms with van der Waals surface area (Å²) in [6, 6.07) is 0.812. The molecule has 2 nitrogen and oxygen atoms in total. The van der Waals surface area contributed by atoms with Gasteiger partial charge in [-0.15, -0.1) is 0 Å². The molecule has 2 atom stereocenters. The third kappa shape index (κ3) is 3.21. The Hall–Kier alpha value is -0.0800. The average Bonchev–Trinajstić information content (AvgIpc) is 2.81. The lowest BCUT2D eigenvalue weighted by Gasteiger charge is -2.13. The Balaban J connectivity index is 2.00. The van der Waals surface area contributed by atoms with Crippen molar-refractivity contribution in [2.24, 2.45) is 17.4 Å². The average molecular weight is 156 g/mol. The lowest BCUT2D eigenvalue weighted by atomic mass is 10.0. The van der Waals surface area contributed by atoms with Crippen molar-refractivity contribution >= 4 is 0 Å².